The molecular weight excluding hydrogens is 484 g/mol. The summed E-state index contributed by atoms with van der Waals surface area (Å²) in [5, 5.41) is 0. The van der Waals surface area contributed by atoms with Crippen LogP contribution in [0.3, 0.4) is 0 Å². The molecule has 0 N–H and O–H groups in total. The van der Waals surface area contributed by atoms with Crippen LogP contribution in [-0.2, 0) is 9.84 Å². The van der Waals surface area contributed by atoms with E-state index in [1.165, 1.54) is 22.3 Å². The van der Waals surface area contributed by atoms with Crippen molar-refractivity contribution in [3.05, 3.63) is 76.9 Å². The van der Waals surface area contributed by atoms with Crippen molar-refractivity contribution in [2.24, 2.45) is 16.7 Å². The summed E-state index contributed by atoms with van der Waals surface area (Å²) < 4.78 is 24.8. The summed E-state index contributed by atoms with van der Waals surface area (Å²) >= 11 is 0. The number of unbranched alkanes of at least 4 members (excludes halogenated alkanes) is 2. The Labute approximate surface area is 236 Å². The van der Waals surface area contributed by atoms with Gasteiger partial charge in [-0.1, -0.05) is 106 Å². The molecule has 3 heteroatoms. The van der Waals surface area contributed by atoms with Crippen LogP contribution in [-0.4, -0.2) is 14.2 Å². The first-order valence-corrected chi connectivity index (χ1v) is 16.2. The first-order valence-electron chi connectivity index (χ1n) is 14.5. The third-order valence-electron chi connectivity index (χ3n) is 8.31. The van der Waals surface area contributed by atoms with E-state index < -0.39 is 9.84 Å². The second kappa shape index (κ2) is 15.7. The fraction of sp³-hybridized carbons (Fsp3) is 0.600. The fourth-order valence-corrected chi connectivity index (χ4v) is 5.70. The molecule has 0 aliphatic heterocycles. The highest BCUT2D eigenvalue weighted by molar-refractivity contribution is 7.91. The standard InChI is InChI=1S/C35H56O2S/c1-28(19-13-12-16-26-38(36,37)33-24-14-11-15-25-33)20-17-23-31(4)35(9,10)32(5)27-29(2)21-18-22-30(3)34(6,7)8/h11,14-15,19,22-25,27,32H,12-13,16-18,20-21,26H2,1-10H3/b28-19+,29-27+,30-22+,31-23+. The summed E-state index contributed by atoms with van der Waals surface area (Å²) in [6, 6.07) is 8.77. The van der Waals surface area contributed by atoms with Crippen LogP contribution in [0.2, 0.25) is 0 Å². The molecule has 1 aromatic rings. The number of rotatable bonds is 15. The second-order valence-corrected chi connectivity index (χ2v) is 14.9. The predicted octanol–water partition coefficient (Wildman–Crippen LogP) is 10.7. The fourth-order valence-electron chi connectivity index (χ4n) is 4.31. The van der Waals surface area contributed by atoms with Gasteiger partial charge in [0.25, 0.3) is 0 Å². The SMILES string of the molecule is C/C(=C\CCCCS(=O)(=O)c1ccccc1)CC/C=C(\C)C(C)(C)C(C)/C=C(\C)CC/C=C(\C)C(C)(C)C. The molecule has 214 valence electrons. The van der Waals surface area contributed by atoms with Gasteiger partial charge < -0.3 is 0 Å². The van der Waals surface area contributed by atoms with E-state index in [-0.39, 0.29) is 16.6 Å². The van der Waals surface area contributed by atoms with Gasteiger partial charge in [-0.05, 0) is 102 Å². The van der Waals surface area contributed by atoms with E-state index in [0.29, 0.717) is 17.2 Å². The molecular formula is C35H56O2S. The lowest BCUT2D eigenvalue weighted by Gasteiger charge is -2.32. The van der Waals surface area contributed by atoms with Gasteiger partial charge in [-0.2, -0.15) is 0 Å². The minimum absolute atomic E-state index is 0.125. The molecule has 0 aromatic heterocycles. The second-order valence-electron chi connectivity index (χ2n) is 12.8. The zero-order chi connectivity index (χ0) is 29.0. The van der Waals surface area contributed by atoms with E-state index >= 15 is 0 Å². The van der Waals surface area contributed by atoms with Crippen molar-refractivity contribution in [1.82, 2.24) is 0 Å². The zero-order valence-corrected chi connectivity index (χ0v) is 27.0. The lowest BCUT2D eigenvalue weighted by atomic mass is 9.73. The van der Waals surface area contributed by atoms with Crippen LogP contribution in [0.4, 0.5) is 0 Å². The molecule has 0 bridgehead atoms. The molecule has 0 spiro atoms. The average Bonchev–Trinajstić information content (AvgIpc) is 2.83. The Balaban J connectivity index is 2.50. The summed E-state index contributed by atoms with van der Waals surface area (Å²) in [5.41, 5.74) is 6.18. The Morgan fingerprint density at radius 3 is 1.89 bits per heavy atom. The molecule has 0 aliphatic carbocycles. The highest BCUT2D eigenvalue weighted by atomic mass is 32.2. The first kappa shape index (κ1) is 34.2. The molecule has 38 heavy (non-hydrogen) atoms. The van der Waals surface area contributed by atoms with Gasteiger partial charge in [-0.15, -0.1) is 0 Å². The van der Waals surface area contributed by atoms with Crippen LogP contribution < -0.4 is 0 Å². The van der Waals surface area contributed by atoms with E-state index in [9.17, 15) is 8.42 Å². The molecule has 2 nitrogen and oxygen atoms in total. The molecule has 0 radical (unpaired) electrons. The summed E-state index contributed by atoms with van der Waals surface area (Å²) in [4.78, 5) is 0.431. The Kier molecular flexibility index (Phi) is 14.1. The monoisotopic (exact) mass is 540 g/mol. The Morgan fingerprint density at radius 2 is 1.32 bits per heavy atom. The molecule has 1 aromatic carbocycles. The van der Waals surface area contributed by atoms with E-state index in [1.807, 2.05) is 6.07 Å². The highest BCUT2D eigenvalue weighted by Crippen LogP contribution is 2.37. The maximum absolute atomic E-state index is 12.4. The smallest absolute Gasteiger partial charge is 0.178 e. The lowest BCUT2D eigenvalue weighted by molar-refractivity contribution is 0.339. The number of benzene rings is 1. The van der Waals surface area contributed by atoms with Crippen molar-refractivity contribution in [3.8, 4) is 0 Å². The average molecular weight is 541 g/mol. The molecule has 0 saturated heterocycles. The van der Waals surface area contributed by atoms with Crippen molar-refractivity contribution >= 4 is 9.84 Å². The molecule has 1 rings (SSSR count). The van der Waals surface area contributed by atoms with Gasteiger partial charge in [0.1, 0.15) is 0 Å². The Bertz CT molecular complexity index is 1070. The normalized spacial score (nSPS) is 15.6. The molecule has 0 fully saturated rings. The lowest BCUT2D eigenvalue weighted by Crippen LogP contribution is -2.22. The third kappa shape index (κ3) is 12.3. The molecule has 0 amide bonds. The zero-order valence-electron chi connectivity index (χ0n) is 26.2. The van der Waals surface area contributed by atoms with Crippen molar-refractivity contribution in [2.45, 2.75) is 119 Å². The van der Waals surface area contributed by atoms with Gasteiger partial charge in [0.2, 0.25) is 0 Å². The maximum atomic E-state index is 12.4. The summed E-state index contributed by atoms with van der Waals surface area (Å²) in [6.45, 7) is 22.9. The first-order chi connectivity index (χ1) is 17.6. The molecule has 0 heterocycles. The van der Waals surface area contributed by atoms with Crippen molar-refractivity contribution in [1.29, 1.82) is 0 Å². The van der Waals surface area contributed by atoms with E-state index in [4.69, 9.17) is 0 Å². The van der Waals surface area contributed by atoms with Gasteiger partial charge in [0.05, 0.1) is 10.6 Å². The van der Waals surface area contributed by atoms with Crippen LogP contribution in [0.15, 0.2) is 81.8 Å². The Hall–Kier alpha value is -1.87. The van der Waals surface area contributed by atoms with Gasteiger partial charge in [-0.25, -0.2) is 8.42 Å². The van der Waals surface area contributed by atoms with E-state index in [1.54, 1.807) is 24.3 Å². The van der Waals surface area contributed by atoms with Crippen molar-refractivity contribution in [2.75, 3.05) is 5.75 Å². The third-order valence-corrected chi connectivity index (χ3v) is 10.1. The number of allylic oxidation sites excluding steroid dienone is 8. The van der Waals surface area contributed by atoms with Crippen LogP contribution in [0.25, 0.3) is 0 Å². The summed E-state index contributed by atoms with van der Waals surface area (Å²) in [5.74, 6) is 0.704. The van der Waals surface area contributed by atoms with E-state index in [0.717, 1.165) is 38.5 Å². The maximum Gasteiger partial charge on any atom is 0.178 e. The van der Waals surface area contributed by atoms with Crippen LogP contribution >= 0.6 is 0 Å². The van der Waals surface area contributed by atoms with Crippen molar-refractivity contribution < 1.29 is 8.42 Å². The molecule has 1 atom stereocenters. The molecule has 1 unspecified atom stereocenters. The predicted molar refractivity (Wildman–Crippen MR) is 168 cm³/mol. The molecule has 0 aliphatic rings. The number of hydrogen-bond donors (Lipinski definition) is 0. The number of sulfone groups is 1. The molecule has 0 saturated carbocycles. The topological polar surface area (TPSA) is 34.1 Å². The van der Waals surface area contributed by atoms with Gasteiger partial charge in [0.15, 0.2) is 9.84 Å². The van der Waals surface area contributed by atoms with E-state index in [2.05, 4.69) is 93.5 Å². The Morgan fingerprint density at radius 1 is 0.763 bits per heavy atom. The van der Waals surface area contributed by atoms with Gasteiger partial charge in [0, 0.05) is 0 Å². The largest absolute Gasteiger partial charge is 0.224 e. The van der Waals surface area contributed by atoms with Crippen LogP contribution in [0.1, 0.15) is 114 Å². The highest BCUT2D eigenvalue weighted by Gasteiger charge is 2.26. The van der Waals surface area contributed by atoms with Gasteiger partial charge in [-0.3, -0.25) is 0 Å². The summed E-state index contributed by atoms with van der Waals surface area (Å²) in [7, 11) is -3.16. The van der Waals surface area contributed by atoms with Gasteiger partial charge >= 0.3 is 0 Å². The van der Waals surface area contributed by atoms with Crippen LogP contribution in [0, 0.1) is 16.7 Å². The quantitative estimate of drug-likeness (QED) is 0.164. The van der Waals surface area contributed by atoms with Crippen molar-refractivity contribution in [3.63, 3.8) is 0 Å². The minimum Gasteiger partial charge on any atom is -0.224 e. The minimum atomic E-state index is -3.16. The number of hydrogen-bond acceptors (Lipinski definition) is 2. The summed E-state index contributed by atoms with van der Waals surface area (Å²) in [6.07, 6.45) is 16.5. The van der Waals surface area contributed by atoms with Crippen LogP contribution in [0.5, 0.6) is 0 Å².